The topological polar surface area (TPSA) is 64.6 Å². The molecule has 1 N–H and O–H groups in total. The summed E-state index contributed by atoms with van der Waals surface area (Å²) >= 11 is 0. The Morgan fingerprint density at radius 1 is 0.926 bits per heavy atom. The van der Waals surface area contributed by atoms with Crippen LogP contribution in [0.25, 0.3) is 0 Å². The van der Waals surface area contributed by atoms with Crippen molar-refractivity contribution in [2.24, 2.45) is 5.92 Å². The van der Waals surface area contributed by atoms with Crippen LogP contribution in [0.2, 0.25) is 0 Å². The summed E-state index contributed by atoms with van der Waals surface area (Å²) in [4.78, 5) is 0.281. The van der Waals surface area contributed by atoms with Crippen LogP contribution < -0.4 is 14.2 Å². The van der Waals surface area contributed by atoms with Gasteiger partial charge in [0.15, 0.2) is 0 Å². The third-order valence-electron chi connectivity index (χ3n) is 4.72. The molecule has 2 aromatic rings. The Hall–Kier alpha value is -2.05. The number of hydrogen-bond donors (Lipinski definition) is 1. The largest absolute Gasteiger partial charge is 0.497 e. The van der Waals surface area contributed by atoms with Crippen molar-refractivity contribution in [2.45, 2.75) is 45.1 Å². The Morgan fingerprint density at radius 3 is 2.07 bits per heavy atom. The number of rotatable bonds is 8. The van der Waals surface area contributed by atoms with Crippen LogP contribution in [0.1, 0.15) is 43.0 Å². The fourth-order valence-corrected chi connectivity index (χ4v) is 4.63. The molecule has 0 amide bonds. The highest BCUT2D eigenvalue weighted by atomic mass is 32.2. The monoisotopic (exact) mass is 391 g/mol. The molecule has 2 aromatic carbocycles. The number of hydrogen-bond acceptors (Lipinski definition) is 4. The van der Waals surface area contributed by atoms with E-state index in [1.807, 2.05) is 31.2 Å². The van der Waals surface area contributed by atoms with Gasteiger partial charge in [-0.15, -0.1) is 0 Å². The molecule has 0 aromatic heterocycles. The summed E-state index contributed by atoms with van der Waals surface area (Å²) in [6, 6.07) is 10.5. The third-order valence-corrected chi connectivity index (χ3v) is 6.34. The predicted octanol–water partition coefficient (Wildman–Crippen LogP) is 4.39. The Balaban J connectivity index is 2.39. The first-order valence-electron chi connectivity index (χ1n) is 9.00. The normalized spacial score (nSPS) is 12.9. The quantitative estimate of drug-likeness (QED) is 0.725. The number of ether oxygens (including phenoxy) is 2. The fourth-order valence-electron chi connectivity index (χ4n) is 3.09. The number of methoxy groups -OCH3 is 2. The van der Waals surface area contributed by atoms with E-state index < -0.39 is 10.0 Å². The molecule has 148 valence electrons. The van der Waals surface area contributed by atoms with Crippen molar-refractivity contribution in [2.75, 3.05) is 14.2 Å². The highest BCUT2D eigenvalue weighted by Crippen LogP contribution is 2.30. The van der Waals surface area contributed by atoms with E-state index in [0.717, 1.165) is 16.9 Å². The number of benzene rings is 2. The Morgan fingerprint density at radius 2 is 1.56 bits per heavy atom. The van der Waals surface area contributed by atoms with Crippen LogP contribution in [0.3, 0.4) is 0 Å². The molecule has 0 saturated carbocycles. The van der Waals surface area contributed by atoms with Gasteiger partial charge < -0.3 is 9.47 Å². The molecule has 6 heteroatoms. The van der Waals surface area contributed by atoms with Gasteiger partial charge in [0.25, 0.3) is 0 Å². The van der Waals surface area contributed by atoms with Crippen LogP contribution in [-0.4, -0.2) is 22.6 Å². The van der Waals surface area contributed by atoms with E-state index in [9.17, 15) is 8.42 Å². The first kappa shape index (κ1) is 21.3. The molecule has 0 aliphatic carbocycles. The highest BCUT2D eigenvalue weighted by molar-refractivity contribution is 7.89. The Kier molecular flexibility index (Phi) is 6.89. The van der Waals surface area contributed by atoms with Crippen LogP contribution in [0, 0.1) is 19.8 Å². The van der Waals surface area contributed by atoms with Gasteiger partial charge in [-0.25, -0.2) is 13.1 Å². The minimum absolute atomic E-state index is 0.281. The van der Waals surface area contributed by atoms with Gasteiger partial charge >= 0.3 is 0 Å². The van der Waals surface area contributed by atoms with Crippen LogP contribution >= 0.6 is 0 Å². The van der Waals surface area contributed by atoms with Gasteiger partial charge in [0.2, 0.25) is 10.0 Å². The summed E-state index contributed by atoms with van der Waals surface area (Å²) in [5, 5.41) is 0. The Labute approximate surface area is 162 Å². The minimum Gasteiger partial charge on any atom is -0.497 e. The molecular formula is C21H29NO4S. The lowest BCUT2D eigenvalue weighted by molar-refractivity contribution is 0.410. The van der Waals surface area contributed by atoms with Crippen molar-refractivity contribution in [3.05, 3.63) is 53.1 Å². The standard InChI is InChI=1S/C21H29NO4S/c1-14(2)13-19(17-7-9-18(25-5)10-8-17)22-27(23,24)21-12-11-20(26-6)15(3)16(21)4/h7-12,14,19,22H,13H2,1-6H3/t19-/m0/s1. The summed E-state index contributed by atoms with van der Waals surface area (Å²) in [7, 11) is -0.495. The summed E-state index contributed by atoms with van der Waals surface area (Å²) in [5.41, 5.74) is 2.43. The molecule has 0 heterocycles. The minimum atomic E-state index is -3.68. The summed E-state index contributed by atoms with van der Waals surface area (Å²) in [5.74, 6) is 1.75. The van der Waals surface area contributed by atoms with Gasteiger partial charge in [0.1, 0.15) is 11.5 Å². The van der Waals surface area contributed by atoms with Gasteiger partial charge in [-0.05, 0) is 67.1 Å². The van der Waals surface area contributed by atoms with Crippen molar-refractivity contribution in [1.82, 2.24) is 4.72 Å². The van der Waals surface area contributed by atoms with Gasteiger partial charge in [-0.1, -0.05) is 26.0 Å². The average molecular weight is 392 g/mol. The lowest BCUT2D eigenvalue weighted by Crippen LogP contribution is -2.30. The van der Waals surface area contributed by atoms with E-state index in [-0.39, 0.29) is 10.9 Å². The maximum Gasteiger partial charge on any atom is 0.241 e. The van der Waals surface area contributed by atoms with E-state index >= 15 is 0 Å². The van der Waals surface area contributed by atoms with Crippen molar-refractivity contribution in [3.8, 4) is 11.5 Å². The molecule has 2 rings (SSSR count). The summed E-state index contributed by atoms with van der Waals surface area (Å²) in [6.45, 7) is 7.82. The first-order chi connectivity index (χ1) is 12.7. The van der Waals surface area contributed by atoms with Crippen LogP contribution in [-0.2, 0) is 10.0 Å². The maximum absolute atomic E-state index is 13.1. The first-order valence-corrected chi connectivity index (χ1v) is 10.5. The summed E-state index contributed by atoms with van der Waals surface area (Å²) < 4.78 is 39.6. The lowest BCUT2D eigenvalue weighted by atomic mass is 9.98. The zero-order chi connectivity index (χ0) is 20.2. The molecule has 1 atom stereocenters. The molecule has 5 nitrogen and oxygen atoms in total. The fraction of sp³-hybridized carbons (Fsp3) is 0.429. The number of sulfonamides is 1. The van der Waals surface area contributed by atoms with E-state index in [2.05, 4.69) is 18.6 Å². The zero-order valence-electron chi connectivity index (χ0n) is 16.9. The molecule has 0 saturated heterocycles. The van der Waals surface area contributed by atoms with E-state index in [1.165, 1.54) is 0 Å². The maximum atomic E-state index is 13.1. The predicted molar refractivity (Wildman–Crippen MR) is 108 cm³/mol. The smallest absolute Gasteiger partial charge is 0.241 e. The van der Waals surface area contributed by atoms with Crippen molar-refractivity contribution >= 4 is 10.0 Å². The molecular weight excluding hydrogens is 362 g/mol. The van der Waals surface area contributed by atoms with Gasteiger partial charge in [-0.2, -0.15) is 0 Å². The molecule has 27 heavy (non-hydrogen) atoms. The van der Waals surface area contributed by atoms with Crippen molar-refractivity contribution in [3.63, 3.8) is 0 Å². The third kappa shape index (κ3) is 5.02. The van der Waals surface area contributed by atoms with E-state index in [1.54, 1.807) is 33.3 Å². The summed E-state index contributed by atoms with van der Waals surface area (Å²) in [6.07, 6.45) is 0.694. The van der Waals surface area contributed by atoms with Crippen LogP contribution in [0.4, 0.5) is 0 Å². The molecule has 0 fully saturated rings. The van der Waals surface area contributed by atoms with E-state index in [4.69, 9.17) is 9.47 Å². The van der Waals surface area contributed by atoms with Crippen LogP contribution in [0.15, 0.2) is 41.3 Å². The van der Waals surface area contributed by atoms with Crippen molar-refractivity contribution in [1.29, 1.82) is 0 Å². The zero-order valence-corrected chi connectivity index (χ0v) is 17.7. The van der Waals surface area contributed by atoms with Gasteiger partial charge in [0, 0.05) is 6.04 Å². The molecule has 0 aliphatic heterocycles. The van der Waals surface area contributed by atoms with Crippen molar-refractivity contribution < 1.29 is 17.9 Å². The van der Waals surface area contributed by atoms with Gasteiger partial charge in [-0.3, -0.25) is 0 Å². The van der Waals surface area contributed by atoms with Crippen LogP contribution in [0.5, 0.6) is 11.5 Å². The van der Waals surface area contributed by atoms with E-state index in [0.29, 0.717) is 23.7 Å². The molecule has 0 radical (unpaired) electrons. The second kappa shape index (κ2) is 8.76. The SMILES string of the molecule is COc1ccc([C@H](CC(C)C)NS(=O)(=O)c2ccc(OC)c(C)c2C)cc1. The molecule has 0 aliphatic rings. The average Bonchev–Trinajstić information content (AvgIpc) is 2.62. The molecule has 0 bridgehead atoms. The van der Waals surface area contributed by atoms with Gasteiger partial charge in [0.05, 0.1) is 19.1 Å². The lowest BCUT2D eigenvalue weighted by Gasteiger charge is -2.22. The number of nitrogens with one attached hydrogen (secondary N) is 1. The molecule has 0 spiro atoms. The highest BCUT2D eigenvalue weighted by Gasteiger charge is 2.25. The Bertz CT molecular complexity index is 874. The second-order valence-corrected chi connectivity index (χ2v) is 8.77. The second-order valence-electron chi connectivity index (χ2n) is 7.09. The molecule has 0 unspecified atom stereocenters.